The van der Waals surface area contributed by atoms with Crippen molar-refractivity contribution in [1.29, 1.82) is 0 Å². The Bertz CT molecular complexity index is 943. The van der Waals surface area contributed by atoms with Crippen molar-refractivity contribution in [3.63, 3.8) is 0 Å². The molecule has 0 aliphatic carbocycles. The summed E-state index contributed by atoms with van der Waals surface area (Å²) in [5.41, 5.74) is 3.20. The van der Waals surface area contributed by atoms with Crippen molar-refractivity contribution in [2.75, 3.05) is 20.0 Å². The third-order valence-corrected chi connectivity index (χ3v) is 5.11. The van der Waals surface area contributed by atoms with E-state index in [4.69, 9.17) is 26.2 Å². The molecule has 0 bridgehead atoms. The molecule has 3 rings (SSSR count). The zero-order valence-electron chi connectivity index (χ0n) is 14.7. The van der Waals surface area contributed by atoms with E-state index in [-0.39, 0.29) is 5.75 Å². The van der Waals surface area contributed by atoms with Gasteiger partial charge in [-0.2, -0.15) is 0 Å². The summed E-state index contributed by atoms with van der Waals surface area (Å²) in [7, 11) is 3.14. The number of thioether (sulfide) groups is 1. The van der Waals surface area contributed by atoms with Crippen molar-refractivity contribution in [1.82, 2.24) is 0 Å². The largest absolute Gasteiger partial charge is 0.493 e. The summed E-state index contributed by atoms with van der Waals surface area (Å²) in [6.07, 6.45) is 0.446. The zero-order valence-corrected chi connectivity index (χ0v) is 16.3. The molecule has 0 amide bonds. The van der Waals surface area contributed by atoms with E-state index in [0.717, 1.165) is 28.5 Å². The van der Waals surface area contributed by atoms with Crippen LogP contribution in [0, 0.1) is 0 Å². The van der Waals surface area contributed by atoms with Crippen molar-refractivity contribution >= 4 is 40.1 Å². The summed E-state index contributed by atoms with van der Waals surface area (Å²) < 4.78 is 10.8. The van der Waals surface area contributed by atoms with E-state index in [2.05, 4.69) is 10.2 Å². The fourth-order valence-corrected chi connectivity index (χ4v) is 3.56. The number of ether oxygens (including phenoxy) is 2. The van der Waals surface area contributed by atoms with Crippen LogP contribution >= 0.6 is 23.4 Å². The molecule has 1 aliphatic rings. The third kappa shape index (κ3) is 4.43. The average molecular weight is 405 g/mol. The number of hydrogen-bond donors (Lipinski definition) is 1. The molecule has 0 spiro atoms. The van der Waals surface area contributed by atoms with Crippen LogP contribution in [0.2, 0.25) is 5.02 Å². The Morgan fingerprint density at radius 1 is 1.19 bits per heavy atom. The fraction of sp³-hybridized carbons (Fsp3) is 0.211. The first kappa shape index (κ1) is 19.3. The van der Waals surface area contributed by atoms with Gasteiger partial charge in [0.15, 0.2) is 11.5 Å². The summed E-state index contributed by atoms with van der Waals surface area (Å²) in [6, 6.07) is 11.1. The fourth-order valence-electron chi connectivity index (χ4n) is 2.72. The number of nitrogens with zero attached hydrogens (tertiary/aromatic N) is 2. The standard InChI is InChI=1S/C19H17ClN2O4S/c1-25-15-7-12-8-17(27-10-18(23)24)21-22-19(14(12)9-16(15)26-2)11-4-3-5-13(20)6-11/h3-7,9H,8,10H2,1-2H3,(H,23,24). The van der Waals surface area contributed by atoms with Crippen LogP contribution in [0.4, 0.5) is 0 Å². The molecule has 1 aliphatic heterocycles. The van der Waals surface area contributed by atoms with Crippen LogP contribution < -0.4 is 9.47 Å². The van der Waals surface area contributed by atoms with Gasteiger partial charge in [0.05, 0.1) is 20.0 Å². The lowest BCUT2D eigenvalue weighted by Gasteiger charge is -2.15. The van der Waals surface area contributed by atoms with Gasteiger partial charge in [0.25, 0.3) is 0 Å². The van der Waals surface area contributed by atoms with Crippen LogP contribution in [0.15, 0.2) is 46.6 Å². The maximum Gasteiger partial charge on any atom is 0.313 e. The Labute approximate surface area is 165 Å². The SMILES string of the molecule is COc1cc2c(cc1OC)C(c1cccc(Cl)c1)=NN=C(SCC(=O)O)C2. The van der Waals surface area contributed by atoms with E-state index in [1.165, 1.54) is 0 Å². The molecule has 2 aromatic carbocycles. The van der Waals surface area contributed by atoms with Crippen molar-refractivity contribution in [3.8, 4) is 11.5 Å². The van der Waals surface area contributed by atoms with E-state index >= 15 is 0 Å². The molecule has 27 heavy (non-hydrogen) atoms. The van der Waals surface area contributed by atoms with Crippen molar-refractivity contribution in [2.45, 2.75) is 6.42 Å². The van der Waals surface area contributed by atoms with Gasteiger partial charge in [-0.3, -0.25) is 4.79 Å². The molecule has 0 atom stereocenters. The van der Waals surface area contributed by atoms with E-state index in [1.54, 1.807) is 20.3 Å². The molecule has 8 heteroatoms. The maximum atomic E-state index is 10.9. The van der Waals surface area contributed by atoms with Crippen molar-refractivity contribution in [3.05, 3.63) is 58.1 Å². The predicted octanol–water partition coefficient (Wildman–Crippen LogP) is 3.88. The Balaban J connectivity index is 2.14. The average Bonchev–Trinajstić information content (AvgIpc) is 2.83. The molecule has 0 saturated carbocycles. The molecule has 0 radical (unpaired) electrons. The number of aliphatic carboxylic acids is 1. The van der Waals surface area contributed by atoms with Gasteiger partial charge in [0.2, 0.25) is 0 Å². The van der Waals surface area contributed by atoms with Crippen LogP contribution in [0.1, 0.15) is 16.7 Å². The molecule has 1 heterocycles. The Morgan fingerprint density at radius 2 is 1.93 bits per heavy atom. The lowest BCUT2D eigenvalue weighted by atomic mass is 9.95. The second-order valence-corrected chi connectivity index (χ2v) is 7.16. The predicted molar refractivity (Wildman–Crippen MR) is 108 cm³/mol. The van der Waals surface area contributed by atoms with Crippen LogP contribution in [0.5, 0.6) is 11.5 Å². The monoisotopic (exact) mass is 404 g/mol. The highest BCUT2D eigenvalue weighted by Gasteiger charge is 2.21. The van der Waals surface area contributed by atoms with Gasteiger partial charge in [-0.1, -0.05) is 35.5 Å². The first-order chi connectivity index (χ1) is 13.0. The minimum Gasteiger partial charge on any atom is -0.493 e. The summed E-state index contributed by atoms with van der Waals surface area (Å²) in [6.45, 7) is 0. The highest BCUT2D eigenvalue weighted by molar-refractivity contribution is 8.14. The van der Waals surface area contributed by atoms with E-state index < -0.39 is 5.97 Å². The van der Waals surface area contributed by atoms with Crippen LogP contribution in [0.25, 0.3) is 0 Å². The molecule has 6 nitrogen and oxygen atoms in total. The smallest absolute Gasteiger partial charge is 0.313 e. The third-order valence-electron chi connectivity index (χ3n) is 3.93. The van der Waals surface area contributed by atoms with Crippen LogP contribution in [-0.2, 0) is 11.2 Å². The van der Waals surface area contributed by atoms with Crippen molar-refractivity contribution in [2.24, 2.45) is 10.2 Å². The second-order valence-electron chi connectivity index (χ2n) is 5.68. The van der Waals surface area contributed by atoms with Crippen LogP contribution in [-0.4, -0.2) is 41.8 Å². The second kappa shape index (κ2) is 8.45. The molecular weight excluding hydrogens is 388 g/mol. The minimum atomic E-state index is -0.904. The number of fused-ring (bicyclic) bond motifs is 1. The first-order valence-electron chi connectivity index (χ1n) is 8.02. The van der Waals surface area contributed by atoms with Gasteiger partial charge in [0.1, 0.15) is 10.8 Å². The molecular formula is C19H17ClN2O4S. The van der Waals surface area contributed by atoms with Gasteiger partial charge in [-0.25, -0.2) is 0 Å². The zero-order chi connectivity index (χ0) is 19.4. The van der Waals surface area contributed by atoms with E-state index in [1.807, 2.05) is 30.3 Å². The number of carboxylic acids is 1. The van der Waals surface area contributed by atoms with Gasteiger partial charge < -0.3 is 14.6 Å². The number of hydrogen-bond acceptors (Lipinski definition) is 6. The first-order valence-corrected chi connectivity index (χ1v) is 9.38. The summed E-state index contributed by atoms with van der Waals surface area (Å²) >= 11 is 7.30. The molecule has 0 saturated heterocycles. The molecule has 140 valence electrons. The maximum absolute atomic E-state index is 10.9. The minimum absolute atomic E-state index is 0.0799. The normalized spacial score (nSPS) is 13.1. The van der Waals surface area contributed by atoms with Crippen molar-refractivity contribution < 1.29 is 19.4 Å². The lowest BCUT2D eigenvalue weighted by molar-refractivity contribution is -0.133. The Kier molecular flexibility index (Phi) is 6.03. The Morgan fingerprint density at radius 3 is 2.59 bits per heavy atom. The highest BCUT2D eigenvalue weighted by atomic mass is 35.5. The molecule has 0 fully saturated rings. The van der Waals surface area contributed by atoms with Gasteiger partial charge >= 0.3 is 5.97 Å². The molecule has 0 unspecified atom stereocenters. The van der Waals surface area contributed by atoms with Gasteiger partial charge in [-0.05, 0) is 29.8 Å². The summed E-state index contributed by atoms with van der Waals surface area (Å²) in [4.78, 5) is 10.9. The van der Waals surface area contributed by atoms with Gasteiger partial charge in [0, 0.05) is 22.6 Å². The summed E-state index contributed by atoms with van der Waals surface area (Å²) in [5, 5.41) is 18.9. The number of carboxylic acid groups (broad SMARTS) is 1. The number of methoxy groups -OCH3 is 2. The Hall–Kier alpha value is -2.51. The van der Waals surface area contributed by atoms with E-state index in [0.29, 0.717) is 33.7 Å². The molecule has 0 aromatic heterocycles. The van der Waals surface area contributed by atoms with E-state index in [9.17, 15) is 4.79 Å². The number of carbonyl (C=O) groups is 1. The van der Waals surface area contributed by atoms with Gasteiger partial charge in [-0.15, -0.1) is 10.2 Å². The lowest BCUT2D eigenvalue weighted by Crippen LogP contribution is -2.09. The highest BCUT2D eigenvalue weighted by Crippen LogP contribution is 2.34. The number of benzene rings is 2. The number of rotatable bonds is 5. The quantitative estimate of drug-likeness (QED) is 0.817. The summed E-state index contributed by atoms with van der Waals surface area (Å²) in [5.74, 6) is 0.182. The molecule has 1 N–H and O–H groups in total. The number of halogens is 1. The van der Waals surface area contributed by atoms with Crippen LogP contribution in [0.3, 0.4) is 0 Å². The molecule has 2 aromatic rings. The topological polar surface area (TPSA) is 80.5 Å².